The fourth-order valence-corrected chi connectivity index (χ4v) is 6.52. The lowest BCUT2D eigenvalue weighted by molar-refractivity contribution is -0.121. The number of hydrogen-bond acceptors (Lipinski definition) is 5. The molecule has 1 saturated carbocycles. The van der Waals surface area contributed by atoms with Gasteiger partial charge in [-0.05, 0) is 54.8 Å². The van der Waals surface area contributed by atoms with Crippen molar-refractivity contribution in [1.82, 2.24) is 9.78 Å². The highest BCUT2D eigenvalue weighted by atomic mass is 35.5. The normalized spacial score (nSPS) is 18.1. The summed E-state index contributed by atoms with van der Waals surface area (Å²) < 4.78 is 31.5. The molecular weight excluding hydrogens is 462 g/mol. The van der Waals surface area contributed by atoms with Crippen LogP contribution in [-0.4, -0.2) is 31.2 Å². The monoisotopic (exact) mass is 485 g/mol. The topological polar surface area (TPSA) is 90.3 Å². The maximum atomic E-state index is 13.8. The first-order valence-electron chi connectivity index (χ1n) is 10.8. The minimum atomic E-state index is -3.28. The van der Waals surface area contributed by atoms with Gasteiger partial charge < -0.3 is 10.1 Å². The van der Waals surface area contributed by atoms with E-state index < -0.39 is 15.3 Å². The van der Waals surface area contributed by atoms with Crippen LogP contribution in [0.15, 0.2) is 48.5 Å². The number of aromatic nitrogens is 2. The number of ether oxygens (including phenoxy) is 1. The minimum Gasteiger partial charge on any atom is -0.497 e. The van der Waals surface area contributed by atoms with Gasteiger partial charge in [-0.15, -0.1) is 0 Å². The standard InChI is InChI=1S/C24H24ClN3O4S/c1-32-19-10-8-18(9-11-19)28-22(20-14-33(30,31)15-21(20)27-28)26-23(29)24(12-2-3-13-24)16-4-6-17(25)7-5-16/h4-11H,2-3,12-15H2,1H3,(H,26,29). The molecule has 3 aromatic rings. The van der Waals surface area contributed by atoms with Crippen molar-refractivity contribution in [3.8, 4) is 11.4 Å². The lowest BCUT2D eigenvalue weighted by Gasteiger charge is -2.28. The highest BCUT2D eigenvalue weighted by Gasteiger charge is 2.44. The highest BCUT2D eigenvalue weighted by Crippen LogP contribution is 2.43. The molecule has 1 fully saturated rings. The Bertz CT molecular complexity index is 1310. The first-order valence-corrected chi connectivity index (χ1v) is 13.0. The number of carbonyl (C=O) groups excluding carboxylic acids is 1. The minimum absolute atomic E-state index is 0.128. The summed E-state index contributed by atoms with van der Waals surface area (Å²) >= 11 is 6.08. The van der Waals surface area contributed by atoms with E-state index in [2.05, 4.69) is 10.4 Å². The van der Waals surface area contributed by atoms with Crippen molar-refractivity contribution in [2.75, 3.05) is 12.4 Å². The summed E-state index contributed by atoms with van der Waals surface area (Å²) in [6, 6.07) is 14.7. The fourth-order valence-electron chi connectivity index (χ4n) is 4.90. The molecule has 0 bridgehead atoms. The second-order valence-electron chi connectivity index (χ2n) is 8.67. The summed E-state index contributed by atoms with van der Waals surface area (Å²) in [5.41, 5.74) is 1.98. The summed E-state index contributed by atoms with van der Waals surface area (Å²) in [6.45, 7) is 0. The summed E-state index contributed by atoms with van der Waals surface area (Å²) in [5.74, 6) is 0.698. The Kier molecular flexibility index (Phi) is 5.45. The van der Waals surface area contributed by atoms with Crippen LogP contribution in [-0.2, 0) is 31.6 Å². The third kappa shape index (κ3) is 3.91. The zero-order valence-electron chi connectivity index (χ0n) is 18.2. The van der Waals surface area contributed by atoms with Crippen molar-refractivity contribution < 1.29 is 17.9 Å². The molecule has 1 amide bonds. The third-order valence-corrected chi connectivity index (χ3v) is 8.32. The predicted octanol–water partition coefficient (Wildman–Crippen LogP) is 4.41. The van der Waals surface area contributed by atoms with Gasteiger partial charge in [-0.2, -0.15) is 5.10 Å². The van der Waals surface area contributed by atoms with Crippen molar-refractivity contribution in [1.29, 1.82) is 0 Å². The molecular formula is C24H24ClN3O4S. The van der Waals surface area contributed by atoms with Gasteiger partial charge in [0.15, 0.2) is 9.84 Å². The average Bonchev–Trinajstić information content (AvgIpc) is 3.49. The quantitative estimate of drug-likeness (QED) is 0.578. The Morgan fingerprint density at radius 1 is 1.06 bits per heavy atom. The number of halogens is 1. The predicted molar refractivity (Wildman–Crippen MR) is 127 cm³/mol. The Hall–Kier alpha value is -2.84. The number of fused-ring (bicyclic) bond motifs is 1. The molecule has 2 aromatic carbocycles. The summed E-state index contributed by atoms with van der Waals surface area (Å²) in [7, 11) is -1.69. The van der Waals surface area contributed by atoms with E-state index in [0.717, 1.165) is 31.2 Å². The number of benzene rings is 2. The van der Waals surface area contributed by atoms with E-state index in [1.165, 1.54) is 0 Å². The van der Waals surface area contributed by atoms with E-state index in [-0.39, 0.29) is 17.4 Å². The fraction of sp³-hybridized carbons (Fsp3) is 0.333. The van der Waals surface area contributed by atoms with Crippen molar-refractivity contribution in [3.05, 3.63) is 70.4 Å². The van der Waals surface area contributed by atoms with Gasteiger partial charge in [0.2, 0.25) is 5.91 Å². The van der Waals surface area contributed by atoms with Crippen molar-refractivity contribution in [2.45, 2.75) is 42.6 Å². The smallest absolute Gasteiger partial charge is 0.236 e. The molecule has 2 heterocycles. The second-order valence-corrected chi connectivity index (χ2v) is 11.2. The molecule has 1 aliphatic carbocycles. The van der Waals surface area contributed by atoms with E-state index in [4.69, 9.17) is 16.3 Å². The van der Waals surface area contributed by atoms with Crippen LogP contribution in [0.4, 0.5) is 5.82 Å². The van der Waals surface area contributed by atoms with Gasteiger partial charge in [-0.3, -0.25) is 4.79 Å². The zero-order chi connectivity index (χ0) is 23.2. The van der Waals surface area contributed by atoms with Crippen molar-refractivity contribution in [3.63, 3.8) is 0 Å². The Balaban J connectivity index is 1.56. The Morgan fingerprint density at radius 2 is 1.73 bits per heavy atom. The highest BCUT2D eigenvalue weighted by molar-refractivity contribution is 7.90. The molecule has 1 aliphatic heterocycles. The summed E-state index contributed by atoms with van der Waals surface area (Å²) in [6.07, 6.45) is 3.33. The number of sulfone groups is 1. The van der Waals surface area contributed by atoms with E-state index >= 15 is 0 Å². The van der Waals surface area contributed by atoms with E-state index in [0.29, 0.717) is 33.5 Å². The number of carbonyl (C=O) groups is 1. The van der Waals surface area contributed by atoms with Crippen LogP contribution in [0.1, 0.15) is 42.5 Å². The molecule has 7 nitrogen and oxygen atoms in total. The van der Waals surface area contributed by atoms with Gasteiger partial charge in [-0.25, -0.2) is 13.1 Å². The Morgan fingerprint density at radius 3 is 2.36 bits per heavy atom. The maximum Gasteiger partial charge on any atom is 0.236 e. The molecule has 1 N–H and O–H groups in total. The van der Waals surface area contributed by atoms with Crippen LogP contribution in [0, 0.1) is 0 Å². The van der Waals surface area contributed by atoms with Gasteiger partial charge in [0.05, 0.1) is 35.4 Å². The average molecular weight is 486 g/mol. The van der Waals surface area contributed by atoms with Gasteiger partial charge in [0.1, 0.15) is 11.6 Å². The van der Waals surface area contributed by atoms with Gasteiger partial charge in [-0.1, -0.05) is 36.6 Å². The molecule has 0 radical (unpaired) electrons. The summed E-state index contributed by atoms with van der Waals surface area (Å²) in [4.78, 5) is 13.8. The third-order valence-electron chi connectivity index (χ3n) is 6.63. The lowest BCUT2D eigenvalue weighted by Crippen LogP contribution is -2.38. The molecule has 0 atom stereocenters. The SMILES string of the molecule is COc1ccc(-n2nc3c(c2NC(=O)C2(c4ccc(Cl)cc4)CCCC2)CS(=O)(=O)C3)cc1. The molecule has 9 heteroatoms. The number of nitrogens with one attached hydrogen (secondary N) is 1. The lowest BCUT2D eigenvalue weighted by atomic mass is 9.78. The van der Waals surface area contributed by atoms with Crippen LogP contribution in [0.5, 0.6) is 5.75 Å². The first kappa shape index (κ1) is 22.0. The molecule has 2 aliphatic rings. The van der Waals surface area contributed by atoms with Crippen LogP contribution in [0.3, 0.4) is 0 Å². The molecule has 5 rings (SSSR count). The van der Waals surface area contributed by atoms with Gasteiger partial charge >= 0.3 is 0 Å². The van der Waals surface area contributed by atoms with Crippen molar-refractivity contribution >= 4 is 33.2 Å². The summed E-state index contributed by atoms with van der Waals surface area (Å²) in [5, 5.41) is 8.27. The van der Waals surface area contributed by atoms with E-state index in [9.17, 15) is 13.2 Å². The van der Waals surface area contributed by atoms with Crippen LogP contribution in [0.2, 0.25) is 5.02 Å². The number of anilines is 1. The van der Waals surface area contributed by atoms with Gasteiger partial charge in [0, 0.05) is 10.6 Å². The maximum absolute atomic E-state index is 13.8. The second kappa shape index (κ2) is 8.18. The number of methoxy groups -OCH3 is 1. The Labute approximate surface area is 197 Å². The molecule has 172 valence electrons. The van der Waals surface area contributed by atoms with E-state index in [1.807, 2.05) is 24.3 Å². The van der Waals surface area contributed by atoms with Crippen molar-refractivity contribution in [2.24, 2.45) is 0 Å². The molecule has 1 aromatic heterocycles. The molecule has 33 heavy (non-hydrogen) atoms. The number of nitrogens with zero attached hydrogens (tertiary/aromatic N) is 2. The molecule has 0 unspecified atom stereocenters. The van der Waals surface area contributed by atoms with Crippen LogP contribution >= 0.6 is 11.6 Å². The number of amides is 1. The molecule has 0 saturated heterocycles. The molecule has 0 spiro atoms. The number of hydrogen-bond donors (Lipinski definition) is 1. The van der Waals surface area contributed by atoms with Crippen LogP contribution in [0.25, 0.3) is 5.69 Å². The van der Waals surface area contributed by atoms with E-state index in [1.54, 1.807) is 36.1 Å². The zero-order valence-corrected chi connectivity index (χ0v) is 19.7. The van der Waals surface area contributed by atoms with Gasteiger partial charge in [0.25, 0.3) is 0 Å². The first-order chi connectivity index (χ1) is 15.8. The van der Waals surface area contributed by atoms with Crippen LogP contribution < -0.4 is 10.1 Å². The largest absolute Gasteiger partial charge is 0.497 e. The number of rotatable bonds is 5.